The van der Waals surface area contributed by atoms with Crippen LogP contribution in [0.1, 0.15) is 16.8 Å². The molecule has 0 aromatic heterocycles. The molecule has 0 saturated heterocycles. The maximum atomic E-state index is 12.3. The van der Waals surface area contributed by atoms with Gasteiger partial charge < -0.3 is 16.0 Å². The lowest BCUT2D eigenvalue weighted by molar-refractivity contribution is -0.120. The molecule has 0 bridgehead atoms. The molecule has 3 rings (SSSR count). The summed E-state index contributed by atoms with van der Waals surface area (Å²) >= 11 is 1.38. The van der Waals surface area contributed by atoms with E-state index in [2.05, 4.69) is 16.0 Å². The summed E-state index contributed by atoms with van der Waals surface area (Å²) in [6, 6.07) is 14.1. The zero-order valence-corrected chi connectivity index (χ0v) is 14.4. The van der Waals surface area contributed by atoms with Crippen molar-refractivity contribution in [3.05, 3.63) is 54.1 Å². The third-order valence-electron chi connectivity index (χ3n) is 3.71. The number of carbonyl (C=O) groups excluding carboxylic acids is 3. The molecule has 1 heterocycles. The highest BCUT2D eigenvalue weighted by Gasteiger charge is 2.28. The number of thioether (sulfide) groups is 1. The zero-order valence-electron chi connectivity index (χ0n) is 13.5. The third-order valence-corrected chi connectivity index (χ3v) is 4.99. The van der Waals surface area contributed by atoms with E-state index < -0.39 is 5.25 Å². The lowest BCUT2D eigenvalue weighted by atomic mass is 10.2. The van der Waals surface area contributed by atoms with Gasteiger partial charge in [-0.3, -0.25) is 14.4 Å². The maximum Gasteiger partial charge on any atom is 0.251 e. The Bertz CT molecular complexity index is 838. The van der Waals surface area contributed by atoms with Gasteiger partial charge in [-0.2, -0.15) is 0 Å². The first-order valence-electron chi connectivity index (χ1n) is 7.75. The van der Waals surface area contributed by atoms with Crippen molar-refractivity contribution in [2.75, 3.05) is 17.7 Å². The van der Waals surface area contributed by atoms with Gasteiger partial charge in [0.2, 0.25) is 11.8 Å². The minimum Gasteiger partial charge on any atom is -0.355 e. The number of amides is 3. The van der Waals surface area contributed by atoms with Gasteiger partial charge in [0.05, 0.1) is 10.9 Å². The van der Waals surface area contributed by atoms with Crippen LogP contribution in [0.4, 0.5) is 11.4 Å². The summed E-state index contributed by atoms with van der Waals surface area (Å²) in [4.78, 5) is 37.0. The van der Waals surface area contributed by atoms with E-state index in [1.54, 1.807) is 31.3 Å². The molecule has 0 fully saturated rings. The summed E-state index contributed by atoms with van der Waals surface area (Å²) in [6.45, 7) is 0. The van der Waals surface area contributed by atoms with Gasteiger partial charge in [-0.1, -0.05) is 18.2 Å². The molecule has 1 aliphatic heterocycles. The highest BCUT2D eigenvalue weighted by molar-refractivity contribution is 8.01. The van der Waals surface area contributed by atoms with E-state index in [0.717, 1.165) is 10.6 Å². The number of nitrogens with one attached hydrogen (secondary N) is 3. The van der Waals surface area contributed by atoms with Crippen LogP contribution < -0.4 is 16.0 Å². The van der Waals surface area contributed by atoms with Crippen LogP contribution in [0.3, 0.4) is 0 Å². The van der Waals surface area contributed by atoms with Crippen molar-refractivity contribution in [2.45, 2.75) is 16.6 Å². The molecular weight excluding hydrogens is 338 g/mol. The van der Waals surface area contributed by atoms with Crippen molar-refractivity contribution >= 4 is 40.9 Å². The molecule has 25 heavy (non-hydrogen) atoms. The number of rotatable bonds is 4. The van der Waals surface area contributed by atoms with Gasteiger partial charge >= 0.3 is 0 Å². The van der Waals surface area contributed by atoms with Crippen LogP contribution in [0.2, 0.25) is 0 Å². The van der Waals surface area contributed by atoms with Gasteiger partial charge in [0.1, 0.15) is 0 Å². The van der Waals surface area contributed by atoms with Gasteiger partial charge in [-0.25, -0.2) is 0 Å². The molecule has 2 aromatic carbocycles. The van der Waals surface area contributed by atoms with E-state index in [0.29, 0.717) is 11.3 Å². The molecule has 2 aromatic rings. The molecule has 0 radical (unpaired) electrons. The van der Waals surface area contributed by atoms with E-state index >= 15 is 0 Å². The number of benzene rings is 2. The molecule has 0 spiro atoms. The predicted octanol–water partition coefficient (Wildman–Crippen LogP) is 2.49. The Kier molecular flexibility index (Phi) is 5.04. The van der Waals surface area contributed by atoms with Crippen LogP contribution in [0, 0.1) is 0 Å². The quantitative estimate of drug-likeness (QED) is 0.786. The fourth-order valence-electron chi connectivity index (χ4n) is 2.49. The van der Waals surface area contributed by atoms with Crippen molar-refractivity contribution in [1.29, 1.82) is 0 Å². The Morgan fingerprint density at radius 3 is 2.76 bits per heavy atom. The van der Waals surface area contributed by atoms with Crippen LogP contribution >= 0.6 is 11.8 Å². The Balaban J connectivity index is 1.65. The van der Waals surface area contributed by atoms with Crippen molar-refractivity contribution in [2.24, 2.45) is 0 Å². The molecule has 6 nitrogen and oxygen atoms in total. The number of fused-ring (bicyclic) bond motifs is 1. The zero-order chi connectivity index (χ0) is 17.8. The summed E-state index contributed by atoms with van der Waals surface area (Å²) in [5.41, 5.74) is 1.75. The number of anilines is 2. The second-order valence-electron chi connectivity index (χ2n) is 5.50. The molecule has 1 aliphatic rings. The smallest absolute Gasteiger partial charge is 0.251 e. The predicted molar refractivity (Wildman–Crippen MR) is 97.8 cm³/mol. The molecule has 3 amide bonds. The lowest BCUT2D eigenvalue weighted by Gasteiger charge is -2.23. The van der Waals surface area contributed by atoms with E-state index in [9.17, 15) is 14.4 Å². The van der Waals surface area contributed by atoms with Crippen molar-refractivity contribution in [3.8, 4) is 0 Å². The van der Waals surface area contributed by atoms with Gasteiger partial charge in [0, 0.05) is 29.6 Å². The Hall–Kier alpha value is -2.80. The monoisotopic (exact) mass is 355 g/mol. The second kappa shape index (κ2) is 7.40. The molecule has 128 valence electrons. The number of hydrogen-bond donors (Lipinski definition) is 3. The third kappa shape index (κ3) is 4.00. The molecule has 0 aliphatic carbocycles. The summed E-state index contributed by atoms with van der Waals surface area (Å²) in [5.74, 6) is -0.686. The summed E-state index contributed by atoms with van der Waals surface area (Å²) in [7, 11) is 1.55. The summed E-state index contributed by atoms with van der Waals surface area (Å²) in [5, 5.41) is 7.60. The van der Waals surface area contributed by atoms with Gasteiger partial charge in [0.15, 0.2) is 0 Å². The van der Waals surface area contributed by atoms with Crippen LogP contribution in [-0.2, 0) is 9.59 Å². The number of para-hydroxylation sites is 1. The van der Waals surface area contributed by atoms with Crippen LogP contribution in [0.15, 0.2) is 53.4 Å². The normalized spacial score (nSPS) is 15.7. The first-order valence-corrected chi connectivity index (χ1v) is 8.63. The van der Waals surface area contributed by atoms with E-state index in [1.165, 1.54) is 11.8 Å². The maximum absolute atomic E-state index is 12.3. The molecule has 7 heteroatoms. The lowest BCUT2D eigenvalue weighted by Crippen LogP contribution is -2.32. The fourth-order valence-corrected chi connectivity index (χ4v) is 3.60. The minimum absolute atomic E-state index is 0.0506. The highest BCUT2D eigenvalue weighted by Crippen LogP contribution is 2.36. The largest absolute Gasteiger partial charge is 0.355 e. The second-order valence-corrected chi connectivity index (χ2v) is 6.75. The molecule has 0 saturated carbocycles. The SMILES string of the molecule is CNC(=O)c1cccc(NC(=O)C[C@H]2Sc3ccccc3NC2=O)c1. The van der Waals surface area contributed by atoms with Crippen molar-refractivity contribution in [3.63, 3.8) is 0 Å². The summed E-state index contributed by atoms with van der Waals surface area (Å²) in [6.07, 6.45) is 0.0506. The first kappa shape index (κ1) is 17.0. The van der Waals surface area contributed by atoms with E-state index in [-0.39, 0.29) is 24.1 Å². The Morgan fingerprint density at radius 2 is 1.96 bits per heavy atom. The van der Waals surface area contributed by atoms with Gasteiger partial charge in [0.25, 0.3) is 5.91 Å². The Labute approximate surface area is 149 Å². The van der Waals surface area contributed by atoms with Crippen LogP contribution in [-0.4, -0.2) is 30.0 Å². The van der Waals surface area contributed by atoms with Gasteiger partial charge in [-0.05, 0) is 30.3 Å². The molecular formula is C18H17N3O3S. The minimum atomic E-state index is -0.489. The first-order chi connectivity index (χ1) is 12.1. The highest BCUT2D eigenvalue weighted by atomic mass is 32.2. The van der Waals surface area contributed by atoms with E-state index in [4.69, 9.17) is 0 Å². The Morgan fingerprint density at radius 1 is 1.16 bits per heavy atom. The van der Waals surface area contributed by atoms with Crippen molar-refractivity contribution < 1.29 is 14.4 Å². The number of carbonyl (C=O) groups is 3. The topological polar surface area (TPSA) is 87.3 Å². The molecule has 3 N–H and O–H groups in total. The average Bonchev–Trinajstić information content (AvgIpc) is 2.61. The summed E-state index contributed by atoms with van der Waals surface area (Å²) < 4.78 is 0. The van der Waals surface area contributed by atoms with Crippen LogP contribution in [0.25, 0.3) is 0 Å². The van der Waals surface area contributed by atoms with Crippen LogP contribution in [0.5, 0.6) is 0 Å². The van der Waals surface area contributed by atoms with Crippen molar-refractivity contribution in [1.82, 2.24) is 5.32 Å². The van der Waals surface area contributed by atoms with E-state index in [1.807, 2.05) is 24.3 Å². The molecule has 1 atom stereocenters. The van der Waals surface area contributed by atoms with Gasteiger partial charge in [-0.15, -0.1) is 11.8 Å². The average molecular weight is 355 g/mol. The number of hydrogen-bond acceptors (Lipinski definition) is 4. The molecule has 0 unspecified atom stereocenters. The fraction of sp³-hybridized carbons (Fsp3) is 0.167. The standard InChI is InChI=1S/C18H17N3O3S/c1-19-17(23)11-5-4-6-12(9-11)20-16(22)10-15-18(24)21-13-7-2-3-8-14(13)25-15/h2-9,15H,10H2,1H3,(H,19,23)(H,20,22)(H,21,24)/t15-/m1/s1.